The molecule has 11 heteroatoms. The van der Waals surface area contributed by atoms with Gasteiger partial charge in [0.25, 0.3) is 0 Å². The van der Waals surface area contributed by atoms with Crippen LogP contribution < -0.4 is 15.4 Å². The second-order valence-electron chi connectivity index (χ2n) is 5.35. The van der Waals surface area contributed by atoms with Crippen LogP contribution in [0.15, 0.2) is 28.7 Å². The van der Waals surface area contributed by atoms with Crippen LogP contribution in [0.25, 0.3) is 6.08 Å². The number of urea groups is 1. The van der Waals surface area contributed by atoms with Gasteiger partial charge in [0.05, 0.1) is 6.61 Å². The van der Waals surface area contributed by atoms with E-state index in [9.17, 15) is 24.5 Å². The zero-order valence-corrected chi connectivity index (χ0v) is 15.7. The molecule has 1 aliphatic heterocycles. The van der Waals surface area contributed by atoms with Gasteiger partial charge in [0.2, 0.25) is 0 Å². The third-order valence-corrected chi connectivity index (χ3v) is 3.97. The van der Waals surface area contributed by atoms with Gasteiger partial charge in [-0.1, -0.05) is 28.1 Å². The molecule has 27 heavy (non-hydrogen) atoms. The van der Waals surface area contributed by atoms with E-state index in [4.69, 9.17) is 9.47 Å². The molecule has 0 bridgehead atoms. The first-order chi connectivity index (χ1) is 12.8. The highest BCUT2D eigenvalue weighted by molar-refractivity contribution is 9.10. The summed E-state index contributed by atoms with van der Waals surface area (Å²) in [6, 6.07) is 1.32. The van der Waals surface area contributed by atoms with Crippen LogP contribution in [0, 0.1) is 10.1 Å². The number of ether oxygens (including phenoxy) is 2. The van der Waals surface area contributed by atoms with Crippen molar-refractivity contribution in [3.8, 4) is 5.75 Å². The van der Waals surface area contributed by atoms with Gasteiger partial charge in [-0.05, 0) is 25.1 Å². The topological polar surface area (TPSA) is 137 Å². The quantitative estimate of drug-likeness (QED) is 0.369. The van der Waals surface area contributed by atoms with Gasteiger partial charge in [-0.25, -0.2) is 9.59 Å². The molecular formula is C16H16BrN3O7. The third kappa shape index (κ3) is 5.51. The van der Waals surface area contributed by atoms with Crippen LogP contribution in [-0.4, -0.2) is 48.1 Å². The molecule has 1 heterocycles. The first-order valence-electron chi connectivity index (χ1n) is 7.83. The summed E-state index contributed by atoms with van der Waals surface area (Å²) in [5.74, 6) is -1.21. The molecule has 1 saturated heterocycles. The minimum atomic E-state index is -1.66. The van der Waals surface area contributed by atoms with E-state index in [1.807, 2.05) is 5.32 Å². The van der Waals surface area contributed by atoms with Crippen LogP contribution in [0.2, 0.25) is 0 Å². The van der Waals surface area contributed by atoms with E-state index in [0.29, 0.717) is 15.8 Å². The van der Waals surface area contributed by atoms with Crippen molar-refractivity contribution in [3.05, 3.63) is 44.4 Å². The molecule has 0 spiro atoms. The number of nitrogens with one attached hydrogen (secondary N) is 2. The molecule has 1 aliphatic rings. The summed E-state index contributed by atoms with van der Waals surface area (Å²) in [5.41, 5.74) is 0.482. The van der Waals surface area contributed by atoms with Crippen molar-refractivity contribution >= 4 is 39.9 Å². The highest BCUT2D eigenvalue weighted by Gasteiger charge is 2.43. The van der Waals surface area contributed by atoms with Gasteiger partial charge < -0.3 is 14.8 Å². The molecule has 2 rings (SSSR count). The van der Waals surface area contributed by atoms with Crippen LogP contribution in [0.5, 0.6) is 5.75 Å². The number of hydrogen-bond acceptors (Lipinski definition) is 7. The van der Waals surface area contributed by atoms with E-state index in [1.165, 1.54) is 12.2 Å². The molecule has 10 nitrogen and oxygen atoms in total. The third-order valence-electron chi connectivity index (χ3n) is 3.48. The van der Waals surface area contributed by atoms with Gasteiger partial charge in [-0.3, -0.25) is 20.2 Å². The van der Waals surface area contributed by atoms with Gasteiger partial charge in [-0.15, -0.1) is 0 Å². The number of nitrogens with zero attached hydrogens (tertiary/aromatic N) is 1. The molecule has 0 saturated carbocycles. The Morgan fingerprint density at radius 1 is 1.41 bits per heavy atom. The number of imide groups is 1. The van der Waals surface area contributed by atoms with Crippen LogP contribution in [0.1, 0.15) is 12.5 Å². The summed E-state index contributed by atoms with van der Waals surface area (Å²) >= 11 is 3.30. The van der Waals surface area contributed by atoms with Crippen LogP contribution in [0.4, 0.5) is 4.79 Å². The Hall–Kier alpha value is -2.95. The monoisotopic (exact) mass is 441 g/mol. The number of carbonyl (C=O) groups excluding carboxylic acids is 3. The summed E-state index contributed by atoms with van der Waals surface area (Å²) in [4.78, 5) is 44.9. The van der Waals surface area contributed by atoms with Gasteiger partial charge in [0.15, 0.2) is 6.61 Å². The fourth-order valence-electron chi connectivity index (χ4n) is 2.32. The minimum Gasteiger partial charge on any atom is -0.481 e. The molecule has 2 unspecified atom stereocenters. The predicted octanol–water partition coefficient (Wildman–Crippen LogP) is 1.26. The lowest BCUT2D eigenvalue weighted by Crippen LogP contribution is -2.62. The molecule has 2 N–H and O–H groups in total. The minimum absolute atomic E-state index is 0.223. The Kier molecular flexibility index (Phi) is 6.88. The highest BCUT2D eigenvalue weighted by atomic mass is 79.9. The molecule has 3 amide bonds. The molecule has 0 aliphatic carbocycles. The summed E-state index contributed by atoms with van der Waals surface area (Å²) in [5, 5.41) is 15.3. The van der Waals surface area contributed by atoms with E-state index in [-0.39, 0.29) is 13.2 Å². The second kappa shape index (κ2) is 9.12. The molecule has 0 radical (unpaired) electrons. The highest BCUT2D eigenvalue weighted by Crippen LogP contribution is 2.25. The Labute approximate surface area is 162 Å². The molecule has 0 aromatic heterocycles. The fourth-order valence-corrected chi connectivity index (χ4v) is 2.70. The first-order valence-corrected chi connectivity index (χ1v) is 8.62. The maximum Gasteiger partial charge on any atom is 0.344 e. The average Bonchev–Trinajstić information content (AvgIpc) is 2.58. The van der Waals surface area contributed by atoms with Crippen molar-refractivity contribution in [2.24, 2.45) is 0 Å². The van der Waals surface area contributed by atoms with Gasteiger partial charge in [-0.2, -0.15) is 0 Å². The largest absolute Gasteiger partial charge is 0.481 e. The molecule has 1 aromatic carbocycles. The summed E-state index contributed by atoms with van der Waals surface area (Å²) in [6.07, 6.45) is 2.79. The van der Waals surface area contributed by atoms with Gasteiger partial charge in [0.1, 0.15) is 11.8 Å². The normalized spacial score (nSPS) is 19.3. The number of nitro groups is 1. The zero-order chi connectivity index (χ0) is 20.0. The van der Waals surface area contributed by atoms with E-state index < -0.39 is 34.9 Å². The van der Waals surface area contributed by atoms with Crippen LogP contribution >= 0.6 is 15.9 Å². The van der Waals surface area contributed by atoms with E-state index in [0.717, 1.165) is 0 Å². The number of amides is 3. The molecule has 144 valence electrons. The lowest BCUT2D eigenvalue weighted by atomic mass is 10.0. The van der Waals surface area contributed by atoms with Crippen molar-refractivity contribution < 1.29 is 28.8 Å². The number of halogens is 1. The standard InChI is InChI=1S/C16H16BrN3O7/c1-2-26-13(21)8-27-12-6-4-10(17)7-9(12)3-5-11-14(20(24)25)15(22)19-16(23)18-11/h3-7,11,14H,2,8H2,1H3,(H2,18,19,22,23)/b5-3-. The van der Waals surface area contributed by atoms with Crippen molar-refractivity contribution in [1.82, 2.24) is 10.6 Å². The van der Waals surface area contributed by atoms with Gasteiger partial charge in [0, 0.05) is 15.0 Å². The lowest BCUT2D eigenvalue weighted by molar-refractivity contribution is -0.510. The van der Waals surface area contributed by atoms with E-state index in [2.05, 4.69) is 21.2 Å². The van der Waals surface area contributed by atoms with Crippen molar-refractivity contribution in [2.45, 2.75) is 19.0 Å². The predicted molar refractivity (Wildman–Crippen MR) is 96.5 cm³/mol. The van der Waals surface area contributed by atoms with E-state index >= 15 is 0 Å². The molecular weight excluding hydrogens is 426 g/mol. The number of esters is 1. The lowest BCUT2D eigenvalue weighted by Gasteiger charge is -2.23. The fraction of sp³-hybridized carbons (Fsp3) is 0.312. The SMILES string of the molecule is CCOC(=O)COc1ccc(Br)cc1/C=C\C1NC(=O)NC(=O)C1[N+](=O)[O-]. The Balaban J connectivity index is 2.22. The number of hydrogen-bond donors (Lipinski definition) is 2. The number of benzene rings is 1. The maximum atomic E-state index is 11.7. The summed E-state index contributed by atoms with van der Waals surface area (Å²) < 4.78 is 10.9. The summed E-state index contributed by atoms with van der Waals surface area (Å²) in [6.45, 7) is 1.59. The number of rotatable bonds is 7. The smallest absolute Gasteiger partial charge is 0.344 e. The molecule has 2 atom stereocenters. The first kappa shape index (κ1) is 20.4. The Morgan fingerprint density at radius 2 is 2.15 bits per heavy atom. The Bertz CT molecular complexity index is 796. The van der Waals surface area contributed by atoms with Crippen molar-refractivity contribution in [2.75, 3.05) is 13.2 Å². The molecule has 1 aromatic rings. The van der Waals surface area contributed by atoms with Crippen LogP contribution in [-0.2, 0) is 14.3 Å². The van der Waals surface area contributed by atoms with Crippen molar-refractivity contribution in [3.63, 3.8) is 0 Å². The van der Waals surface area contributed by atoms with Crippen LogP contribution in [0.3, 0.4) is 0 Å². The van der Waals surface area contributed by atoms with Crippen molar-refractivity contribution in [1.29, 1.82) is 0 Å². The van der Waals surface area contributed by atoms with Gasteiger partial charge >= 0.3 is 23.9 Å². The Morgan fingerprint density at radius 3 is 2.81 bits per heavy atom. The maximum absolute atomic E-state index is 11.7. The summed E-state index contributed by atoms with van der Waals surface area (Å²) in [7, 11) is 0. The zero-order valence-electron chi connectivity index (χ0n) is 14.1. The number of carbonyl (C=O) groups is 3. The average molecular weight is 442 g/mol. The molecule has 1 fully saturated rings. The second-order valence-corrected chi connectivity index (χ2v) is 6.27. The van der Waals surface area contributed by atoms with E-state index in [1.54, 1.807) is 25.1 Å².